The van der Waals surface area contributed by atoms with Crippen molar-refractivity contribution in [2.45, 2.75) is 13.2 Å². The molecular weight excluding hydrogens is 266 g/mol. The minimum absolute atomic E-state index is 0.0944. The number of nitrogens with zero attached hydrogens (tertiary/aromatic N) is 1. The number of halogens is 1. The summed E-state index contributed by atoms with van der Waals surface area (Å²) in [4.78, 5) is 4.06. The van der Waals surface area contributed by atoms with E-state index in [-0.39, 0.29) is 6.61 Å². The molecule has 0 aliphatic rings. The largest absolute Gasteiger partial charge is 0.497 e. The third-order valence-corrected chi connectivity index (χ3v) is 2.83. The van der Waals surface area contributed by atoms with Crippen LogP contribution in [0.25, 0.3) is 0 Å². The Balaban J connectivity index is 2.05. The first-order chi connectivity index (χ1) is 9.22. The molecule has 0 bridgehead atoms. The molecular formula is C14H14ClNO3. The van der Waals surface area contributed by atoms with Crippen LogP contribution in [0.2, 0.25) is 5.02 Å². The van der Waals surface area contributed by atoms with Crippen LogP contribution in [0.15, 0.2) is 36.5 Å². The summed E-state index contributed by atoms with van der Waals surface area (Å²) in [6.45, 7) is 0.255. The van der Waals surface area contributed by atoms with Crippen molar-refractivity contribution in [1.82, 2.24) is 4.98 Å². The maximum Gasteiger partial charge on any atom is 0.232 e. The zero-order valence-electron chi connectivity index (χ0n) is 10.5. The second kappa shape index (κ2) is 6.41. The van der Waals surface area contributed by atoms with Gasteiger partial charge in [0.2, 0.25) is 5.88 Å². The van der Waals surface area contributed by atoms with Crippen molar-refractivity contribution in [3.63, 3.8) is 0 Å². The van der Waals surface area contributed by atoms with Crippen molar-refractivity contribution in [1.29, 1.82) is 0 Å². The Hall–Kier alpha value is -1.78. The lowest BCUT2D eigenvalue weighted by molar-refractivity contribution is 0.278. The minimum Gasteiger partial charge on any atom is -0.497 e. The van der Waals surface area contributed by atoms with E-state index in [9.17, 15) is 0 Å². The van der Waals surface area contributed by atoms with Crippen LogP contribution in [0.5, 0.6) is 11.6 Å². The summed E-state index contributed by atoms with van der Waals surface area (Å²) < 4.78 is 10.7. The Morgan fingerprint density at radius 3 is 2.79 bits per heavy atom. The molecule has 0 aliphatic heterocycles. The van der Waals surface area contributed by atoms with E-state index in [2.05, 4.69) is 4.98 Å². The molecule has 0 unspecified atom stereocenters. The lowest BCUT2D eigenvalue weighted by Gasteiger charge is -2.08. The second-order valence-corrected chi connectivity index (χ2v) is 4.34. The van der Waals surface area contributed by atoms with Crippen molar-refractivity contribution >= 4 is 11.6 Å². The Morgan fingerprint density at radius 1 is 1.26 bits per heavy atom. The fraction of sp³-hybridized carbons (Fsp3) is 0.214. The first-order valence-electron chi connectivity index (χ1n) is 5.74. The van der Waals surface area contributed by atoms with E-state index in [0.29, 0.717) is 23.1 Å². The third-order valence-electron chi connectivity index (χ3n) is 2.56. The topological polar surface area (TPSA) is 51.6 Å². The van der Waals surface area contributed by atoms with Crippen LogP contribution in [0.3, 0.4) is 0 Å². The van der Waals surface area contributed by atoms with E-state index in [1.165, 1.54) is 6.20 Å². The Bertz CT molecular complexity index is 560. The third kappa shape index (κ3) is 3.59. The number of aliphatic hydroxyl groups is 1. The van der Waals surface area contributed by atoms with E-state index in [1.807, 2.05) is 24.3 Å². The Kier molecular flexibility index (Phi) is 4.60. The van der Waals surface area contributed by atoms with Crippen molar-refractivity contribution in [3.05, 3.63) is 52.7 Å². The van der Waals surface area contributed by atoms with Crippen LogP contribution in [0.1, 0.15) is 11.1 Å². The van der Waals surface area contributed by atoms with Gasteiger partial charge in [0, 0.05) is 6.20 Å². The first-order valence-corrected chi connectivity index (χ1v) is 6.11. The molecule has 1 aromatic carbocycles. The quantitative estimate of drug-likeness (QED) is 0.914. The molecule has 0 aliphatic carbocycles. The second-order valence-electron chi connectivity index (χ2n) is 3.93. The molecule has 2 aromatic rings. The van der Waals surface area contributed by atoms with Gasteiger partial charge < -0.3 is 14.6 Å². The van der Waals surface area contributed by atoms with E-state index in [4.69, 9.17) is 26.2 Å². The zero-order valence-corrected chi connectivity index (χ0v) is 11.2. The molecule has 0 radical (unpaired) electrons. The van der Waals surface area contributed by atoms with Crippen LogP contribution >= 0.6 is 11.6 Å². The molecule has 0 amide bonds. The number of ether oxygens (including phenoxy) is 2. The predicted octanol–water partition coefficient (Wildman–Crippen LogP) is 2.81. The number of aliphatic hydroxyl groups excluding tert-OH is 1. The minimum atomic E-state index is -0.0944. The molecule has 4 nitrogen and oxygen atoms in total. The highest BCUT2D eigenvalue weighted by Crippen LogP contribution is 2.23. The standard InChI is InChI=1S/C14H14ClNO3/c1-18-12-4-2-3-10(5-12)9-19-14-13(15)6-11(8-17)7-16-14/h2-7,17H,8-9H2,1H3. The Morgan fingerprint density at radius 2 is 2.11 bits per heavy atom. The average Bonchev–Trinajstić information content (AvgIpc) is 2.46. The highest BCUT2D eigenvalue weighted by atomic mass is 35.5. The predicted molar refractivity (Wildman–Crippen MR) is 72.5 cm³/mol. The lowest BCUT2D eigenvalue weighted by atomic mass is 10.2. The van der Waals surface area contributed by atoms with Crippen LogP contribution in [0.4, 0.5) is 0 Å². The molecule has 0 saturated heterocycles. The molecule has 0 saturated carbocycles. The first kappa shape index (κ1) is 13.6. The number of methoxy groups -OCH3 is 1. The number of hydrogen-bond acceptors (Lipinski definition) is 4. The molecule has 100 valence electrons. The van der Waals surface area contributed by atoms with Crippen LogP contribution in [-0.2, 0) is 13.2 Å². The van der Waals surface area contributed by atoms with Gasteiger partial charge >= 0.3 is 0 Å². The van der Waals surface area contributed by atoms with Gasteiger partial charge in [0.05, 0.1) is 13.7 Å². The SMILES string of the molecule is COc1cccc(COc2ncc(CO)cc2Cl)c1. The van der Waals surface area contributed by atoms with Crippen LogP contribution < -0.4 is 9.47 Å². The van der Waals surface area contributed by atoms with E-state index < -0.39 is 0 Å². The van der Waals surface area contributed by atoms with Crippen molar-refractivity contribution < 1.29 is 14.6 Å². The number of aromatic nitrogens is 1. The molecule has 1 aromatic heterocycles. The van der Waals surface area contributed by atoms with Gasteiger partial charge in [-0.25, -0.2) is 4.98 Å². The van der Waals surface area contributed by atoms with Crippen molar-refractivity contribution in [2.24, 2.45) is 0 Å². The van der Waals surface area contributed by atoms with Gasteiger partial charge in [-0.2, -0.15) is 0 Å². The van der Waals surface area contributed by atoms with Gasteiger partial charge in [-0.05, 0) is 29.3 Å². The van der Waals surface area contributed by atoms with Crippen LogP contribution in [0, 0.1) is 0 Å². The fourth-order valence-electron chi connectivity index (χ4n) is 1.57. The smallest absolute Gasteiger partial charge is 0.232 e. The molecule has 1 heterocycles. The molecule has 0 fully saturated rings. The molecule has 2 rings (SSSR count). The summed E-state index contributed by atoms with van der Waals surface area (Å²) in [7, 11) is 1.62. The molecule has 5 heteroatoms. The molecule has 1 N–H and O–H groups in total. The highest BCUT2D eigenvalue weighted by molar-refractivity contribution is 6.31. The van der Waals surface area contributed by atoms with Gasteiger partial charge in [-0.15, -0.1) is 0 Å². The van der Waals surface area contributed by atoms with Gasteiger partial charge in [0.1, 0.15) is 17.4 Å². The van der Waals surface area contributed by atoms with E-state index in [0.717, 1.165) is 11.3 Å². The zero-order chi connectivity index (χ0) is 13.7. The summed E-state index contributed by atoms with van der Waals surface area (Å²) in [6, 6.07) is 9.20. The average molecular weight is 280 g/mol. The van der Waals surface area contributed by atoms with Crippen molar-refractivity contribution in [2.75, 3.05) is 7.11 Å². The molecule has 19 heavy (non-hydrogen) atoms. The maximum atomic E-state index is 8.97. The summed E-state index contributed by atoms with van der Waals surface area (Å²) >= 11 is 6.01. The monoisotopic (exact) mass is 279 g/mol. The van der Waals surface area contributed by atoms with Gasteiger partial charge in [0.25, 0.3) is 0 Å². The molecule has 0 spiro atoms. The normalized spacial score (nSPS) is 10.3. The van der Waals surface area contributed by atoms with Gasteiger partial charge in [0.15, 0.2) is 0 Å². The number of pyridine rings is 1. The number of benzene rings is 1. The molecule has 0 atom stereocenters. The summed E-state index contributed by atoms with van der Waals surface area (Å²) in [5, 5.41) is 9.35. The van der Waals surface area contributed by atoms with Gasteiger partial charge in [-0.3, -0.25) is 0 Å². The summed E-state index contributed by atoms with van der Waals surface area (Å²) in [5.41, 5.74) is 1.61. The summed E-state index contributed by atoms with van der Waals surface area (Å²) in [6.07, 6.45) is 1.53. The highest BCUT2D eigenvalue weighted by Gasteiger charge is 2.05. The van der Waals surface area contributed by atoms with Crippen molar-refractivity contribution in [3.8, 4) is 11.6 Å². The lowest BCUT2D eigenvalue weighted by Crippen LogP contribution is -1.99. The van der Waals surface area contributed by atoms with E-state index >= 15 is 0 Å². The maximum absolute atomic E-state index is 8.97. The number of rotatable bonds is 5. The van der Waals surface area contributed by atoms with Gasteiger partial charge in [-0.1, -0.05) is 23.7 Å². The van der Waals surface area contributed by atoms with Crippen LogP contribution in [-0.4, -0.2) is 17.2 Å². The van der Waals surface area contributed by atoms with E-state index in [1.54, 1.807) is 13.2 Å². The fourth-order valence-corrected chi connectivity index (χ4v) is 1.82. The number of hydrogen-bond donors (Lipinski definition) is 1. The Labute approximate surface area is 116 Å². The summed E-state index contributed by atoms with van der Waals surface area (Å²) in [5.74, 6) is 1.12.